The van der Waals surface area contributed by atoms with Crippen LogP contribution in [0, 0.1) is 0 Å². The highest BCUT2D eigenvalue weighted by Crippen LogP contribution is 2.19. The van der Waals surface area contributed by atoms with E-state index in [0.29, 0.717) is 5.89 Å². The summed E-state index contributed by atoms with van der Waals surface area (Å²) in [6.07, 6.45) is 1.94. The molecule has 11 heavy (non-hydrogen) atoms. The number of rotatable bonds is 3. The third-order valence-electron chi connectivity index (χ3n) is 1.30. The Morgan fingerprint density at radius 3 is 2.82 bits per heavy atom. The quantitative estimate of drug-likeness (QED) is 0.733. The Morgan fingerprint density at radius 1 is 1.64 bits per heavy atom. The van der Waals surface area contributed by atoms with Crippen LogP contribution in [0.3, 0.4) is 0 Å². The molecule has 0 N–H and O–H groups in total. The molecule has 1 atom stereocenters. The van der Waals surface area contributed by atoms with Crippen LogP contribution >= 0.6 is 15.9 Å². The summed E-state index contributed by atoms with van der Waals surface area (Å²) in [6, 6.07) is 0. The van der Waals surface area contributed by atoms with E-state index in [1.54, 1.807) is 0 Å². The van der Waals surface area contributed by atoms with Gasteiger partial charge in [-0.3, -0.25) is 0 Å². The lowest BCUT2D eigenvalue weighted by Crippen LogP contribution is -1.87. The highest BCUT2D eigenvalue weighted by Gasteiger charge is 2.09. The van der Waals surface area contributed by atoms with Gasteiger partial charge in [0.25, 0.3) is 0 Å². The lowest BCUT2D eigenvalue weighted by molar-refractivity contribution is 0.375. The van der Waals surface area contributed by atoms with Crippen molar-refractivity contribution in [3.8, 4) is 0 Å². The molecular weight excluding hydrogens is 208 g/mol. The number of alkyl halides is 1. The lowest BCUT2D eigenvalue weighted by Gasteiger charge is -1.89. The Morgan fingerprint density at radius 2 is 2.36 bits per heavy atom. The summed E-state index contributed by atoms with van der Waals surface area (Å²) in [5.41, 5.74) is 0. The molecule has 0 fully saturated rings. The molecule has 0 aliphatic carbocycles. The molecule has 0 amide bonds. The molecule has 4 heteroatoms. The van der Waals surface area contributed by atoms with E-state index in [1.807, 2.05) is 6.92 Å². The SMILES string of the molecule is CCCc1noc(C(C)Br)n1. The third kappa shape index (κ3) is 2.29. The standard InChI is InChI=1S/C7H11BrN2O/c1-3-4-6-9-7(5(2)8)11-10-6/h5H,3-4H2,1-2H3. The van der Waals surface area contributed by atoms with Crippen LogP contribution in [-0.4, -0.2) is 10.1 Å². The number of aromatic nitrogens is 2. The van der Waals surface area contributed by atoms with Crippen LogP contribution in [0.4, 0.5) is 0 Å². The second-order valence-corrected chi connectivity index (χ2v) is 3.79. The van der Waals surface area contributed by atoms with Gasteiger partial charge in [0, 0.05) is 6.42 Å². The van der Waals surface area contributed by atoms with Gasteiger partial charge in [0.15, 0.2) is 5.82 Å². The molecule has 0 radical (unpaired) electrons. The van der Waals surface area contributed by atoms with E-state index in [4.69, 9.17) is 4.52 Å². The average Bonchev–Trinajstić information content (AvgIpc) is 2.37. The molecule has 0 aliphatic rings. The van der Waals surface area contributed by atoms with Gasteiger partial charge in [-0.2, -0.15) is 4.98 Å². The van der Waals surface area contributed by atoms with E-state index in [9.17, 15) is 0 Å². The Hall–Kier alpha value is -0.380. The van der Waals surface area contributed by atoms with Crippen molar-refractivity contribution in [3.63, 3.8) is 0 Å². The summed E-state index contributed by atoms with van der Waals surface area (Å²) in [6.45, 7) is 4.05. The van der Waals surface area contributed by atoms with E-state index < -0.39 is 0 Å². The first-order valence-electron chi connectivity index (χ1n) is 3.70. The molecule has 1 rings (SSSR count). The summed E-state index contributed by atoms with van der Waals surface area (Å²) in [5.74, 6) is 1.46. The van der Waals surface area contributed by atoms with E-state index in [2.05, 4.69) is 33.0 Å². The maximum atomic E-state index is 4.97. The smallest absolute Gasteiger partial charge is 0.240 e. The maximum absolute atomic E-state index is 4.97. The van der Waals surface area contributed by atoms with Gasteiger partial charge in [-0.15, -0.1) is 0 Å². The van der Waals surface area contributed by atoms with Gasteiger partial charge >= 0.3 is 0 Å². The Bertz CT molecular complexity index is 222. The summed E-state index contributed by atoms with van der Waals surface area (Å²) >= 11 is 3.35. The number of hydrogen-bond donors (Lipinski definition) is 0. The Balaban J connectivity index is 2.66. The minimum absolute atomic E-state index is 0.153. The van der Waals surface area contributed by atoms with Crippen LogP contribution in [0.1, 0.15) is 36.8 Å². The topological polar surface area (TPSA) is 38.9 Å². The van der Waals surface area contributed by atoms with Crippen molar-refractivity contribution < 1.29 is 4.52 Å². The monoisotopic (exact) mass is 218 g/mol. The molecule has 1 aromatic rings. The summed E-state index contributed by atoms with van der Waals surface area (Å²) in [7, 11) is 0. The van der Waals surface area contributed by atoms with Crippen molar-refractivity contribution in [3.05, 3.63) is 11.7 Å². The second-order valence-electron chi connectivity index (χ2n) is 2.41. The van der Waals surface area contributed by atoms with Crippen molar-refractivity contribution in [2.75, 3.05) is 0 Å². The van der Waals surface area contributed by atoms with E-state index in [-0.39, 0.29) is 4.83 Å². The highest BCUT2D eigenvalue weighted by molar-refractivity contribution is 9.09. The molecule has 0 saturated heterocycles. The molecule has 0 bridgehead atoms. The normalized spacial score (nSPS) is 13.4. The first-order chi connectivity index (χ1) is 5.24. The van der Waals surface area contributed by atoms with Crippen molar-refractivity contribution in [2.45, 2.75) is 31.5 Å². The van der Waals surface area contributed by atoms with Crippen LogP contribution in [0.5, 0.6) is 0 Å². The number of hydrogen-bond acceptors (Lipinski definition) is 3. The van der Waals surface area contributed by atoms with E-state index in [1.165, 1.54) is 0 Å². The number of aryl methyl sites for hydroxylation is 1. The van der Waals surface area contributed by atoms with E-state index in [0.717, 1.165) is 18.7 Å². The van der Waals surface area contributed by atoms with E-state index >= 15 is 0 Å². The van der Waals surface area contributed by atoms with Crippen molar-refractivity contribution in [1.82, 2.24) is 10.1 Å². The van der Waals surface area contributed by atoms with Crippen LogP contribution in [0.25, 0.3) is 0 Å². The van der Waals surface area contributed by atoms with Crippen molar-refractivity contribution in [2.24, 2.45) is 0 Å². The molecule has 0 spiro atoms. The zero-order valence-electron chi connectivity index (χ0n) is 6.67. The predicted octanol–water partition coefficient (Wildman–Crippen LogP) is 2.48. The van der Waals surface area contributed by atoms with Crippen molar-refractivity contribution >= 4 is 15.9 Å². The molecule has 1 unspecified atom stereocenters. The minimum atomic E-state index is 0.153. The lowest BCUT2D eigenvalue weighted by atomic mass is 10.3. The van der Waals surface area contributed by atoms with Crippen LogP contribution < -0.4 is 0 Å². The van der Waals surface area contributed by atoms with Gasteiger partial charge in [0.1, 0.15) is 0 Å². The summed E-state index contributed by atoms with van der Waals surface area (Å²) < 4.78 is 4.97. The summed E-state index contributed by atoms with van der Waals surface area (Å²) in [4.78, 5) is 4.33. The van der Waals surface area contributed by atoms with Crippen LogP contribution in [0.15, 0.2) is 4.52 Å². The zero-order valence-corrected chi connectivity index (χ0v) is 8.26. The molecule has 0 saturated carbocycles. The minimum Gasteiger partial charge on any atom is -0.338 e. The molecule has 62 valence electrons. The second kappa shape index (κ2) is 3.85. The zero-order chi connectivity index (χ0) is 8.27. The first-order valence-corrected chi connectivity index (χ1v) is 4.62. The Labute approximate surface area is 74.3 Å². The molecule has 1 heterocycles. The first kappa shape index (κ1) is 8.71. The average molecular weight is 219 g/mol. The van der Waals surface area contributed by atoms with Crippen LogP contribution in [0.2, 0.25) is 0 Å². The predicted molar refractivity (Wildman–Crippen MR) is 45.6 cm³/mol. The van der Waals surface area contributed by atoms with Gasteiger partial charge in [-0.05, 0) is 13.3 Å². The van der Waals surface area contributed by atoms with Gasteiger partial charge in [0.05, 0.1) is 4.83 Å². The molecule has 3 nitrogen and oxygen atoms in total. The van der Waals surface area contributed by atoms with Gasteiger partial charge in [-0.25, -0.2) is 0 Å². The highest BCUT2D eigenvalue weighted by atomic mass is 79.9. The van der Waals surface area contributed by atoms with Gasteiger partial charge in [0.2, 0.25) is 5.89 Å². The molecule has 1 aromatic heterocycles. The molecular formula is C7H11BrN2O. The van der Waals surface area contributed by atoms with Gasteiger partial charge in [-0.1, -0.05) is 28.0 Å². The fourth-order valence-electron chi connectivity index (χ4n) is 0.754. The third-order valence-corrected chi connectivity index (χ3v) is 1.69. The fraction of sp³-hybridized carbons (Fsp3) is 0.714. The maximum Gasteiger partial charge on any atom is 0.240 e. The van der Waals surface area contributed by atoms with Crippen molar-refractivity contribution in [1.29, 1.82) is 0 Å². The number of nitrogens with zero attached hydrogens (tertiary/aromatic N) is 2. The van der Waals surface area contributed by atoms with Crippen LogP contribution in [-0.2, 0) is 6.42 Å². The fourth-order valence-corrected chi connectivity index (χ4v) is 0.940. The largest absolute Gasteiger partial charge is 0.338 e. The number of halogens is 1. The Kier molecular flexibility index (Phi) is 3.05. The molecule has 0 aliphatic heterocycles. The van der Waals surface area contributed by atoms with Gasteiger partial charge < -0.3 is 4.52 Å². The summed E-state index contributed by atoms with van der Waals surface area (Å²) in [5, 5.41) is 3.81. The molecule has 0 aromatic carbocycles.